The molecule has 0 saturated heterocycles. The van der Waals surface area contributed by atoms with Crippen molar-refractivity contribution < 1.29 is 9.21 Å². The molecule has 4 heteroatoms. The van der Waals surface area contributed by atoms with Gasteiger partial charge in [0.2, 0.25) is 0 Å². The molecule has 27 heavy (non-hydrogen) atoms. The van der Waals surface area contributed by atoms with Gasteiger partial charge in [-0.3, -0.25) is 4.79 Å². The predicted molar refractivity (Wildman–Crippen MR) is 108 cm³/mol. The molecule has 4 aromatic rings. The van der Waals surface area contributed by atoms with E-state index in [0.29, 0.717) is 17.0 Å². The number of hydrogen-bond donors (Lipinski definition) is 1. The average molecular weight is 356 g/mol. The first-order valence-corrected chi connectivity index (χ1v) is 8.86. The molecule has 2 aromatic carbocycles. The molecule has 0 saturated carbocycles. The van der Waals surface area contributed by atoms with Crippen LogP contribution in [-0.4, -0.2) is 10.9 Å². The number of aromatic nitrogens is 1. The van der Waals surface area contributed by atoms with Crippen molar-refractivity contribution in [3.63, 3.8) is 0 Å². The molecule has 0 aliphatic carbocycles. The lowest BCUT2D eigenvalue weighted by Gasteiger charge is -2.11. The number of amides is 1. The number of carbonyl (C=O) groups excluding carboxylic acids is 1. The Morgan fingerprint density at radius 2 is 1.67 bits per heavy atom. The summed E-state index contributed by atoms with van der Waals surface area (Å²) in [5.74, 6) is 1.29. The van der Waals surface area contributed by atoms with Crippen molar-refractivity contribution in [2.24, 2.45) is 0 Å². The van der Waals surface area contributed by atoms with Gasteiger partial charge in [0, 0.05) is 11.1 Å². The Bertz CT molecular complexity index is 1140. The fraction of sp³-hybridized carbons (Fsp3) is 0.130. The van der Waals surface area contributed by atoms with Crippen molar-refractivity contribution in [3.05, 3.63) is 83.1 Å². The van der Waals surface area contributed by atoms with Crippen molar-refractivity contribution in [1.29, 1.82) is 0 Å². The van der Waals surface area contributed by atoms with Crippen LogP contribution in [0.5, 0.6) is 0 Å². The molecular weight excluding hydrogens is 336 g/mol. The summed E-state index contributed by atoms with van der Waals surface area (Å²) in [6, 6.07) is 19.2. The van der Waals surface area contributed by atoms with Crippen LogP contribution in [0.4, 0.5) is 5.69 Å². The van der Waals surface area contributed by atoms with E-state index in [1.165, 1.54) is 0 Å². The first kappa shape index (κ1) is 17.0. The van der Waals surface area contributed by atoms with Gasteiger partial charge < -0.3 is 9.73 Å². The molecule has 0 aliphatic rings. The second kappa shape index (κ2) is 6.72. The Kier molecular flexibility index (Phi) is 4.24. The third-order valence-corrected chi connectivity index (χ3v) is 4.43. The SMILES string of the molecule is Cc1cc(C)cc(NC(=O)c2cc(-c3ccc(C)o3)nc3ccccc23)c1. The number of nitrogens with one attached hydrogen (secondary N) is 1. The molecule has 0 radical (unpaired) electrons. The van der Waals surface area contributed by atoms with Gasteiger partial charge in [-0.05, 0) is 68.3 Å². The van der Waals surface area contributed by atoms with E-state index in [1.54, 1.807) is 6.07 Å². The number of rotatable bonds is 3. The molecule has 0 aliphatic heterocycles. The van der Waals surface area contributed by atoms with E-state index in [1.807, 2.05) is 69.3 Å². The summed E-state index contributed by atoms with van der Waals surface area (Å²) in [5.41, 5.74) is 4.98. The number of para-hydroxylation sites is 1. The fourth-order valence-electron chi connectivity index (χ4n) is 3.31. The van der Waals surface area contributed by atoms with Crippen LogP contribution in [0.15, 0.2) is 65.1 Å². The molecule has 0 fully saturated rings. The number of carbonyl (C=O) groups is 1. The maximum absolute atomic E-state index is 13.1. The molecule has 2 heterocycles. The van der Waals surface area contributed by atoms with Crippen LogP contribution >= 0.6 is 0 Å². The lowest BCUT2D eigenvalue weighted by atomic mass is 10.1. The smallest absolute Gasteiger partial charge is 0.256 e. The molecule has 134 valence electrons. The second-order valence-electron chi connectivity index (χ2n) is 6.81. The van der Waals surface area contributed by atoms with Gasteiger partial charge in [-0.15, -0.1) is 0 Å². The summed E-state index contributed by atoms with van der Waals surface area (Å²) < 4.78 is 5.71. The Labute approximate surface area is 157 Å². The van der Waals surface area contributed by atoms with Gasteiger partial charge in [-0.1, -0.05) is 24.3 Å². The topological polar surface area (TPSA) is 55.1 Å². The number of furan rings is 1. The van der Waals surface area contributed by atoms with E-state index in [2.05, 4.69) is 16.4 Å². The first-order chi connectivity index (χ1) is 13.0. The molecule has 1 amide bonds. The van der Waals surface area contributed by atoms with Crippen molar-refractivity contribution in [3.8, 4) is 11.5 Å². The van der Waals surface area contributed by atoms with E-state index in [9.17, 15) is 4.79 Å². The summed E-state index contributed by atoms with van der Waals surface area (Å²) in [7, 11) is 0. The summed E-state index contributed by atoms with van der Waals surface area (Å²) in [6.07, 6.45) is 0. The van der Waals surface area contributed by atoms with Crippen LogP contribution in [-0.2, 0) is 0 Å². The van der Waals surface area contributed by atoms with E-state index >= 15 is 0 Å². The number of pyridine rings is 1. The first-order valence-electron chi connectivity index (χ1n) is 8.86. The third-order valence-electron chi connectivity index (χ3n) is 4.43. The lowest BCUT2D eigenvalue weighted by molar-refractivity contribution is 0.102. The number of fused-ring (bicyclic) bond motifs is 1. The molecule has 0 atom stereocenters. The lowest BCUT2D eigenvalue weighted by Crippen LogP contribution is -2.13. The largest absolute Gasteiger partial charge is 0.460 e. The Balaban J connectivity index is 1.80. The number of hydrogen-bond acceptors (Lipinski definition) is 3. The third kappa shape index (κ3) is 3.47. The highest BCUT2D eigenvalue weighted by molar-refractivity contribution is 6.13. The van der Waals surface area contributed by atoms with Gasteiger partial charge in [0.1, 0.15) is 11.5 Å². The maximum Gasteiger partial charge on any atom is 0.256 e. The normalized spacial score (nSPS) is 10.9. The van der Waals surface area contributed by atoms with Crippen LogP contribution in [0.1, 0.15) is 27.2 Å². The fourth-order valence-corrected chi connectivity index (χ4v) is 3.31. The van der Waals surface area contributed by atoms with Gasteiger partial charge >= 0.3 is 0 Å². The van der Waals surface area contributed by atoms with E-state index < -0.39 is 0 Å². The van der Waals surface area contributed by atoms with Crippen LogP contribution in [0, 0.1) is 20.8 Å². The molecule has 0 spiro atoms. The summed E-state index contributed by atoms with van der Waals surface area (Å²) >= 11 is 0. The summed E-state index contributed by atoms with van der Waals surface area (Å²) in [4.78, 5) is 17.7. The maximum atomic E-state index is 13.1. The van der Waals surface area contributed by atoms with Crippen molar-refractivity contribution >= 4 is 22.5 Å². The molecule has 0 bridgehead atoms. The Hall–Kier alpha value is -3.40. The van der Waals surface area contributed by atoms with Crippen LogP contribution in [0.25, 0.3) is 22.4 Å². The number of nitrogens with zero attached hydrogens (tertiary/aromatic N) is 1. The predicted octanol–water partition coefficient (Wildman–Crippen LogP) is 5.67. The van der Waals surface area contributed by atoms with Gasteiger partial charge in [-0.25, -0.2) is 4.98 Å². The highest BCUT2D eigenvalue weighted by atomic mass is 16.3. The van der Waals surface area contributed by atoms with E-state index in [-0.39, 0.29) is 5.91 Å². The molecule has 2 aromatic heterocycles. The van der Waals surface area contributed by atoms with Crippen molar-refractivity contribution in [1.82, 2.24) is 4.98 Å². The van der Waals surface area contributed by atoms with E-state index in [4.69, 9.17) is 4.42 Å². The van der Waals surface area contributed by atoms with Crippen LogP contribution in [0.3, 0.4) is 0 Å². The monoisotopic (exact) mass is 356 g/mol. The van der Waals surface area contributed by atoms with Crippen molar-refractivity contribution in [2.45, 2.75) is 20.8 Å². The zero-order valence-electron chi connectivity index (χ0n) is 15.5. The molecule has 4 nitrogen and oxygen atoms in total. The summed E-state index contributed by atoms with van der Waals surface area (Å²) in [5, 5.41) is 3.83. The number of anilines is 1. The van der Waals surface area contributed by atoms with Gasteiger partial charge in [0.05, 0.1) is 11.1 Å². The number of aryl methyl sites for hydroxylation is 3. The zero-order valence-corrected chi connectivity index (χ0v) is 15.5. The average Bonchev–Trinajstić information content (AvgIpc) is 3.06. The van der Waals surface area contributed by atoms with Crippen LogP contribution < -0.4 is 5.32 Å². The molecule has 0 unspecified atom stereocenters. The minimum atomic E-state index is -0.164. The quantitative estimate of drug-likeness (QED) is 0.514. The highest BCUT2D eigenvalue weighted by Crippen LogP contribution is 2.27. The Morgan fingerprint density at radius 1 is 0.926 bits per heavy atom. The highest BCUT2D eigenvalue weighted by Gasteiger charge is 2.16. The zero-order chi connectivity index (χ0) is 19.0. The Morgan fingerprint density at radius 3 is 2.37 bits per heavy atom. The molecular formula is C23H20N2O2. The van der Waals surface area contributed by atoms with Gasteiger partial charge in [0.15, 0.2) is 5.76 Å². The minimum Gasteiger partial charge on any atom is -0.460 e. The number of benzene rings is 2. The molecule has 4 rings (SSSR count). The van der Waals surface area contributed by atoms with Crippen LogP contribution in [0.2, 0.25) is 0 Å². The second-order valence-corrected chi connectivity index (χ2v) is 6.81. The van der Waals surface area contributed by atoms with Crippen molar-refractivity contribution in [2.75, 3.05) is 5.32 Å². The summed E-state index contributed by atoms with van der Waals surface area (Å²) in [6.45, 7) is 5.92. The standard InChI is InChI=1S/C23H20N2O2/c1-14-10-15(2)12-17(11-14)24-23(26)19-13-21(22-9-8-16(3)27-22)25-20-7-5-4-6-18(19)20/h4-13H,1-3H3,(H,24,26). The van der Waals surface area contributed by atoms with E-state index in [0.717, 1.165) is 33.5 Å². The van der Waals surface area contributed by atoms with Gasteiger partial charge in [-0.2, -0.15) is 0 Å². The van der Waals surface area contributed by atoms with Gasteiger partial charge in [0.25, 0.3) is 5.91 Å². The molecule has 1 N–H and O–H groups in total. The minimum absolute atomic E-state index is 0.164.